The first-order valence-corrected chi connectivity index (χ1v) is 7.62. The molecule has 24 heavy (non-hydrogen) atoms. The fourth-order valence-corrected chi connectivity index (χ4v) is 2.32. The van der Waals surface area contributed by atoms with Crippen LogP contribution in [0.2, 0.25) is 5.02 Å². The fraction of sp³-hybridized carbons (Fsp3) is 0.235. The second kappa shape index (κ2) is 8.40. The highest BCUT2D eigenvalue weighted by Gasteiger charge is 2.11. The van der Waals surface area contributed by atoms with Crippen molar-refractivity contribution in [2.75, 3.05) is 31.4 Å². The molecule has 2 aromatic rings. The molecule has 128 valence electrons. The Balaban J connectivity index is 1.94. The largest absolute Gasteiger partial charge is 0.495 e. The normalized spacial score (nSPS) is 10.2. The van der Waals surface area contributed by atoms with Gasteiger partial charge in [0, 0.05) is 25.1 Å². The molecule has 7 heteroatoms. The van der Waals surface area contributed by atoms with Crippen LogP contribution in [0.5, 0.6) is 11.5 Å². The molecule has 5 nitrogen and oxygen atoms in total. The molecule has 0 aliphatic heterocycles. The number of methoxy groups -OCH3 is 2. The summed E-state index contributed by atoms with van der Waals surface area (Å²) >= 11 is 6.04. The summed E-state index contributed by atoms with van der Waals surface area (Å²) in [5.41, 5.74) is 0.811. The third-order valence-electron chi connectivity index (χ3n) is 3.29. The number of halogens is 2. The van der Waals surface area contributed by atoms with Gasteiger partial charge in [-0.15, -0.1) is 0 Å². The van der Waals surface area contributed by atoms with Crippen molar-refractivity contribution in [1.29, 1.82) is 0 Å². The maximum absolute atomic E-state index is 13.5. The number of para-hydroxylation sites is 1. The second-order valence-electron chi connectivity index (χ2n) is 4.89. The lowest BCUT2D eigenvalue weighted by atomic mass is 10.2. The van der Waals surface area contributed by atoms with Gasteiger partial charge in [-0.2, -0.15) is 0 Å². The van der Waals surface area contributed by atoms with Crippen molar-refractivity contribution >= 4 is 28.9 Å². The van der Waals surface area contributed by atoms with Gasteiger partial charge in [0.1, 0.15) is 17.3 Å². The predicted molar refractivity (Wildman–Crippen MR) is 92.7 cm³/mol. The number of hydrogen-bond donors (Lipinski definition) is 2. The van der Waals surface area contributed by atoms with E-state index in [1.54, 1.807) is 24.3 Å². The molecule has 0 atom stereocenters. The van der Waals surface area contributed by atoms with Gasteiger partial charge in [-0.25, -0.2) is 4.39 Å². The quantitative estimate of drug-likeness (QED) is 0.792. The predicted octanol–water partition coefficient (Wildman–Crippen LogP) is 3.94. The second-order valence-corrected chi connectivity index (χ2v) is 5.30. The van der Waals surface area contributed by atoms with Gasteiger partial charge in [0.25, 0.3) is 0 Å². The summed E-state index contributed by atoms with van der Waals surface area (Å²) in [5.74, 6) is 0.265. The number of rotatable bonds is 7. The highest BCUT2D eigenvalue weighted by atomic mass is 35.5. The fourth-order valence-electron chi connectivity index (χ4n) is 2.08. The molecule has 0 aliphatic rings. The van der Waals surface area contributed by atoms with Crippen molar-refractivity contribution < 1.29 is 18.7 Å². The molecule has 0 fully saturated rings. The van der Waals surface area contributed by atoms with Gasteiger partial charge < -0.3 is 20.1 Å². The summed E-state index contributed by atoms with van der Waals surface area (Å²) in [6.07, 6.45) is 0.155. The number of carbonyl (C=O) groups excluding carboxylic acids is 1. The first-order chi connectivity index (χ1) is 11.5. The van der Waals surface area contributed by atoms with Crippen LogP contribution in [-0.4, -0.2) is 26.7 Å². The summed E-state index contributed by atoms with van der Waals surface area (Å²) in [7, 11) is 3.04. The number of hydrogen-bond acceptors (Lipinski definition) is 4. The van der Waals surface area contributed by atoms with Gasteiger partial charge in [-0.1, -0.05) is 23.7 Å². The Morgan fingerprint density at radius 1 is 1.12 bits per heavy atom. The molecular formula is C17H18ClFN2O3. The van der Waals surface area contributed by atoms with Crippen molar-refractivity contribution in [2.24, 2.45) is 0 Å². The van der Waals surface area contributed by atoms with E-state index in [1.165, 1.54) is 26.4 Å². The van der Waals surface area contributed by atoms with E-state index in [4.69, 9.17) is 21.1 Å². The highest BCUT2D eigenvalue weighted by molar-refractivity contribution is 6.32. The molecule has 2 aromatic carbocycles. The maximum Gasteiger partial charge on any atom is 0.226 e. The third kappa shape index (κ3) is 4.52. The molecule has 0 aliphatic carbocycles. The van der Waals surface area contributed by atoms with E-state index in [0.717, 1.165) is 0 Å². The van der Waals surface area contributed by atoms with Gasteiger partial charge in [0.05, 0.1) is 30.6 Å². The van der Waals surface area contributed by atoms with Crippen molar-refractivity contribution in [2.45, 2.75) is 6.42 Å². The number of benzene rings is 2. The Bertz CT molecular complexity index is 725. The monoisotopic (exact) mass is 352 g/mol. The molecule has 2 rings (SSSR count). The zero-order valence-electron chi connectivity index (χ0n) is 13.4. The van der Waals surface area contributed by atoms with Gasteiger partial charge in [0.15, 0.2) is 0 Å². The molecule has 0 bridgehead atoms. The summed E-state index contributed by atoms with van der Waals surface area (Å²) in [5, 5.41) is 6.03. The van der Waals surface area contributed by atoms with Crippen LogP contribution in [0.3, 0.4) is 0 Å². The lowest BCUT2D eigenvalue weighted by molar-refractivity contribution is -0.116. The lowest BCUT2D eigenvalue weighted by Crippen LogP contribution is -2.17. The first-order valence-electron chi connectivity index (χ1n) is 7.25. The molecule has 0 saturated carbocycles. The molecule has 0 spiro atoms. The molecule has 0 radical (unpaired) electrons. The van der Waals surface area contributed by atoms with E-state index in [9.17, 15) is 9.18 Å². The van der Waals surface area contributed by atoms with Crippen LogP contribution in [0.15, 0.2) is 36.4 Å². The average molecular weight is 353 g/mol. The SMILES string of the molecule is COc1cc(NCCC(=O)Nc2ccccc2F)c(OC)cc1Cl. The molecule has 0 heterocycles. The van der Waals surface area contributed by atoms with Gasteiger partial charge in [-0.3, -0.25) is 4.79 Å². The van der Waals surface area contributed by atoms with Gasteiger partial charge in [-0.05, 0) is 12.1 Å². The van der Waals surface area contributed by atoms with E-state index in [2.05, 4.69) is 10.6 Å². The standard InChI is InChI=1S/C17H18ClFN2O3/c1-23-15-10-14(16(24-2)9-11(15)18)20-8-7-17(22)21-13-6-4-3-5-12(13)19/h3-6,9-10,20H,7-8H2,1-2H3,(H,21,22). The summed E-state index contributed by atoms with van der Waals surface area (Å²) in [6.45, 7) is 0.335. The zero-order chi connectivity index (χ0) is 17.5. The van der Waals surface area contributed by atoms with Gasteiger partial charge in [0.2, 0.25) is 5.91 Å². The molecule has 1 amide bonds. The number of nitrogens with one attached hydrogen (secondary N) is 2. The minimum Gasteiger partial charge on any atom is -0.495 e. The number of anilines is 2. The maximum atomic E-state index is 13.5. The topological polar surface area (TPSA) is 59.6 Å². The minimum absolute atomic E-state index is 0.155. The Morgan fingerprint density at radius 3 is 2.50 bits per heavy atom. The third-order valence-corrected chi connectivity index (χ3v) is 3.58. The molecule has 0 aromatic heterocycles. The highest BCUT2D eigenvalue weighted by Crippen LogP contribution is 2.35. The smallest absolute Gasteiger partial charge is 0.226 e. The Labute approximate surface area is 144 Å². The van der Waals surface area contributed by atoms with Crippen molar-refractivity contribution in [3.05, 3.63) is 47.2 Å². The van der Waals surface area contributed by atoms with Crippen molar-refractivity contribution in [3.63, 3.8) is 0 Å². The average Bonchev–Trinajstić information content (AvgIpc) is 2.57. The summed E-state index contributed by atoms with van der Waals surface area (Å²) in [4.78, 5) is 11.9. The Morgan fingerprint density at radius 2 is 1.83 bits per heavy atom. The zero-order valence-corrected chi connectivity index (χ0v) is 14.1. The molecular weight excluding hydrogens is 335 g/mol. The summed E-state index contributed by atoms with van der Waals surface area (Å²) < 4.78 is 23.9. The van der Waals surface area contributed by atoms with E-state index < -0.39 is 5.82 Å². The van der Waals surface area contributed by atoms with Crippen LogP contribution in [-0.2, 0) is 4.79 Å². The first kappa shape index (κ1) is 17.9. The van der Waals surface area contributed by atoms with E-state index >= 15 is 0 Å². The Hall–Kier alpha value is -2.47. The Kier molecular flexibility index (Phi) is 6.26. The molecule has 0 unspecified atom stereocenters. The number of amides is 1. The number of carbonyl (C=O) groups is 1. The van der Waals surface area contributed by atoms with E-state index in [1.807, 2.05) is 0 Å². The lowest BCUT2D eigenvalue weighted by Gasteiger charge is -2.14. The van der Waals surface area contributed by atoms with E-state index in [-0.39, 0.29) is 18.0 Å². The van der Waals surface area contributed by atoms with Crippen LogP contribution in [0, 0.1) is 5.82 Å². The van der Waals surface area contributed by atoms with Crippen LogP contribution in [0.4, 0.5) is 15.8 Å². The van der Waals surface area contributed by atoms with Crippen molar-refractivity contribution in [3.8, 4) is 11.5 Å². The molecule has 2 N–H and O–H groups in total. The van der Waals surface area contributed by atoms with E-state index in [0.29, 0.717) is 28.8 Å². The van der Waals surface area contributed by atoms with Crippen LogP contribution in [0.1, 0.15) is 6.42 Å². The number of ether oxygens (including phenoxy) is 2. The minimum atomic E-state index is -0.470. The van der Waals surface area contributed by atoms with Crippen LogP contribution >= 0.6 is 11.6 Å². The van der Waals surface area contributed by atoms with Crippen LogP contribution < -0.4 is 20.1 Å². The van der Waals surface area contributed by atoms with Gasteiger partial charge >= 0.3 is 0 Å². The summed E-state index contributed by atoms with van der Waals surface area (Å²) in [6, 6.07) is 9.33. The van der Waals surface area contributed by atoms with Crippen LogP contribution in [0.25, 0.3) is 0 Å². The molecule has 0 saturated heterocycles. The van der Waals surface area contributed by atoms with Crippen molar-refractivity contribution in [1.82, 2.24) is 0 Å².